The molecule has 2 aromatic rings. The summed E-state index contributed by atoms with van der Waals surface area (Å²) < 4.78 is 5.76. The van der Waals surface area contributed by atoms with E-state index in [0.717, 1.165) is 34.9 Å². The van der Waals surface area contributed by atoms with Crippen molar-refractivity contribution in [2.75, 3.05) is 0 Å². The van der Waals surface area contributed by atoms with Gasteiger partial charge in [0.15, 0.2) is 0 Å². The van der Waals surface area contributed by atoms with Gasteiger partial charge in [0.1, 0.15) is 17.4 Å². The molecule has 0 amide bonds. The number of ether oxygens (including phenoxy) is 1. The molecule has 4 rings (SSSR count). The summed E-state index contributed by atoms with van der Waals surface area (Å²) in [6, 6.07) is 8.09. The Kier molecular flexibility index (Phi) is 2.08. The minimum absolute atomic E-state index is 0.170. The predicted octanol–water partition coefficient (Wildman–Crippen LogP) is 3.04. The predicted molar refractivity (Wildman–Crippen MR) is 71.6 cm³/mol. The molecule has 0 saturated heterocycles. The van der Waals surface area contributed by atoms with E-state index in [9.17, 15) is 0 Å². The van der Waals surface area contributed by atoms with Crippen molar-refractivity contribution in [3.63, 3.8) is 0 Å². The van der Waals surface area contributed by atoms with Crippen LogP contribution in [0.25, 0.3) is 11.3 Å². The highest BCUT2D eigenvalue weighted by Gasteiger charge is 2.38. The number of thiazole rings is 1. The van der Waals surface area contributed by atoms with Crippen molar-refractivity contribution in [2.24, 2.45) is 5.73 Å². The maximum atomic E-state index is 6.36. The molecule has 1 aromatic heterocycles. The fourth-order valence-corrected chi connectivity index (χ4v) is 3.72. The Morgan fingerprint density at radius 2 is 2.11 bits per heavy atom. The third kappa shape index (κ3) is 1.36. The molecule has 2 N–H and O–H groups in total. The highest BCUT2D eigenvalue weighted by atomic mass is 32.1. The van der Waals surface area contributed by atoms with E-state index in [1.165, 1.54) is 11.3 Å². The van der Waals surface area contributed by atoms with E-state index in [-0.39, 0.29) is 5.54 Å². The van der Waals surface area contributed by atoms with Crippen LogP contribution in [0.15, 0.2) is 24.3 Å². The van der Waals surface area contributed by atoms with Crippen molar-refractivity contribution in [2.45, 2.75) is 31.4 Å². The van der Waals surface area contributed by atoms with Gasteiger partial charge in [0.2, 0.25) is 0 Å². The summed E-state index contributed by atoms with van der Waals surface area (Å²) in [4.78, 5) is 6.01. The summed E-state index contributed by atoms with van der Waals surface area (Å²) in [5, 5.41) is 1.08. The molecule has 18 heavy (non-hydrogen) atoms. The molecule has 1 aromatic carbocycles. The highest BCUT2D eigenvalue weighted by molar-refractivity contribution is 7.12. The summed E-state index contributed by atoms with van der Waals surface area (Å²) in [6.45, 7) is 0.625. The zero-order valence-electron chi connectivity index (χ0n) is 9.98. The molecular weight excluding hydrogens is 244 g/mol. The summed E-state index contributed by atoms with van der Waals surface area (Å²) >= 11 is 1.72. The van der Waals surface area contributed by atoms with E-state index in [0.29, 0.717) is 6.61 Å². The number of hydrogen-bond acceptors (Lipinski definition) is 4. The molecule has 4 heteroatoms. The van der Waals surface area contributed by atoms with Crippen molar-refractivity contribution < 1.29 is 4.74 Å². The van der Waals surface area contributed by atoms with E-state index in [1.54, 1.807) is 11.3 Å². The molecule has 2 heterocycles. The summed E-state index contributed by atoms with van der Waals surface area (Å²) in [7, 11) is 0. The van der Waals surface area contributed by atoms with Gasteiger partial charge in [0, 0.05) is 5.56 Å². The quantitative estimate of drug-likeness (QED) is 0.855. The molecule has 0 atom stereocenters. The van der Waals surface area contributed by atoms with Crippen molar-refractivity contribution in [3.05, 3.63) is 34.2 Å². The van der Waals surface area contributed by atoms with Gasteiger partial charge in [-0.05, 0) is 31.4 Å². The van der Waals surface area contributed by atoms with Gasteiger partial charge in [-0.2, -0.15) is 0 Å². The van der Waals surface area contributed by atoms with E-state index in [2.05, 4.69) is 6.07 Å². The van der Waals surface area contributed by atoms with Crippen LogP contribution in [0.5, 0.6) is 5.75 Å². The van der Waals surface area contributed by atoms with E-state index in [1.807, 2.05) is 18.2 Å². The van der Waals surface area contributed by atoms with Crippen molar-refractivity contribution in [3.8, 4) is 17.0 Å². The summed E-state index contributed by atoms with van der Waals surface area (Å²) in [5.41, 5.74) is 8.37. The van der Waals surface area contributed by atoms with Gasteiger partial charge in [0.05, 0.1) is 16.1 Å². The molecule has 1 fully saturated rings. The van der Waals surface area contributed by atoms with Crippen molar-refractivity contribution in [1.82, 2.24) is 4.98 Å². The minimum Gasteiger partial charge on any atom is -0.487 e. The van der Waals surface area contributed by atoms with Crippen LogP contribution < -0.4 is 10.5 Å². The van der Waals surface area contributed by atoms with Crippen LogP contribution in [0.2, 0.25) is 0 Å². The van der Waals surface area contributed by atoms with Crippen molar-refractivity contribution >= 4 is 11.3 Å². The third-order valence-electron chi connectivity index (χ3n) is 3.87. The maximum Gasteiger partial charge on any atom is 0.129 e. The van der Waals surface area contributed by atoms with Crippen molar-refractivity contribution in [1.29, 1.82) is 0 Å². The van der Waals surface area contributed by atoms with Gasteiger partial charge in [-0.3, -0.25) is 0 Å². The average Bonchev–Trinajstić information content (AvgIpc) is 2.80. The fraction of sp³-hybridized carbons (Fsp3) is 0.357. The maximum absolute atomic E-state index is 6.36. The minimum atomic E-state index is -0.170. The third-order valence-corrected chi connectivity index (χ3v) is 5.12. The largest absolute Gasteiger partial charge is 0.487 e. The molecule has 2 aliphatic rings. The van der Waals surface area contributed by atoms with Gasteiger partial charge < -0.3 is 10.5 Å². The number of aromatic nitrogens is 1. The van der Waals surface area contributed by atoms with Crippen LogP contribution in [0.1, 0.15) is 29.1 Å². The Hall–Kier alpha value is -1.39. The number of para-hydroxylation sites is 1. The zero-order chi connectivity index (χ0) is 12.2. The molecule has 92 valence electrons. The number of nitrogens with zero attached hydrogens (tertiary/aromatic N) is 1. The Labute approximate surface area is 110 Å². The number of benzene rings is 1. The second-order valence-electron chi connectivity index (χ2n) is 5.09. The standard InChI is InChI=1S/C14H14N2OS/c15-14(6-3-7-14)13-16-12-9-4-1-2-5-10(9)17-8-11(12)18-13/h1-2,4-5H,3,6-8,15H2. The first-order valence-corrected chi connectivity index (χ1v) is 7.09. The topological polar surface area (TPSA) is 48.1 Å². The fourth-order valence-electron chi connectivity index (χ4n) is 2.58. The van der Waals surface area contributed by atoms with Crippen LogP contribution >= 0.6 is 11.3 Å². The monoisotopic (exact) mass is 258 g/mol. The Morgan fingerprint density at radius 1 is 1.28 bits per heavy atom. The van der Waals surface area contributed by atoms with Gasteiger partial charge in [0.25, 0.3) is 0 Å². The normalized spacial score (nSPS) is 19.4. The molecule has 0 spiro atoms. The van der Waals surface area contributed by atoms with Crippen LogP contribution in [0.4, 0.5) is 0 Å². The molecule has 3 nitrogen and oxygen atoms in total. The SMILES string of the molecule is NC1(c2nc3c(s2)COc2ccccc2-3)CCC1. The van der Waals surface area contributed by atoms with Crippen LogP contribution in [0.3, 0.4) is 0 Å². The first-order valence-electron chi connectivity index (χ1n) is 6.27. The summed E-state index contributed by atoms with van der Waals surface area (Å²) in [5.74, 6) is 0.932. The number of hydrogen-bond donors (Lipinski definition) is 1. The smallest absolute Gasteiger partial charge is 0.129 e. The Morgan fingerprint density at radius 3 is 2.89 bits per heavy atom. The zero-order valence-corrected chi connectivity index (χ0v) is 10.8. The van der Waals surface area contributed by atoms with E-state index < -0.39 is 0 Å². The van der Waals surface area contributed by atoms with Crippen LogP contribution in [-0.2, 0) is 12.1 Å². The molecule has 0 unspecified atom stereocenters. The molecule has 1 aliphatic carbocycles. The van der Waals surface area contributed by atoms with Crippen LogP contribution in [0, 0.1) is 0 Å². The van der Waals surface area contributed by atoms with E-state index >= 15 is 0 Å². The van der Waals surface area contributed by atoms with E-state index in [4.69, 9.17) is 15.5 Å². The molecule has 0 radical (unpaired) electrons. The lowest BCUT2D eigenvalue weighted by atomic mass is 9.78. The van der Waals surface area contributed by atoms with Gasteiger partial charge in [-0.1, -0.05) is 12.1 Å². The summed E-state index contributed by atoms with van der Waals surface area (Å²) in [6.07, 6.45) is 3.33. The molecule has 0 bridgehead atoms. The number of rotatable bonds is 1. The molecule has 1 saturated carbocycles. The van der Waals surface area contributed by atoms with Gasteiger partial charge in [-0.25, -0.2) is 4.98 Å². The molecular formula is C14H14N2OS. The second-order valence-corrected chi connectivity index (χ2v) is 6.17. The Bertz CT molecular complexity index is 616. The first-order chi connectivity index (χ1) is 8.76. The highest BCUT2D eigenvalue weighted by Crippen LogP contribution is 2.45. The number of fused-ring (bicyclic) bond motifs is 3. The lowest BCUT2D eigenvalue weighted by Gasteiger charge is -2.35. The van der Waals surface area contributed by atoms with Gasteiger partial charge in [-0.15, -0.1) is 11.3 Å². The second kappa shape index (κ2) is 3.56. The van der Waals surface area contributed by atoms with Crippen LogP contribution in [-0.4, -0.2) is 4.98 Å². The Balaban J connectivity index is 1.85. The lowest BCUT2D eigenvalue weighted by Crippen LogP contribution is -2.43. The lowest BCUT2D eigenvalue weighted by molar-refractivity contribution is 0.253. The first kappa shape index (κ1) is 10.5. The average molecular weight is 258 g/mol. The van der Waals surface area contributed by atoms with Gasteiger partial charge >= 0.3 is 0 Å². The molecule has 1 aliphatic heterocycles. The number of nitrogens with two attached hydrogens (primary N) is 1.